The van der Waals surface area contributed by atoms with Gasteiger partial charge < -0.3 is 27.0 Å². The van der Waals surface area contributed by atoms with Gasteiger partial charge in [0.05, 0.1) is 11.3 Å². The van der Waals surface area contributed by atoms with Crippen molar-refractivity contribution in [2.24, 2.45) is 5.73 Å². The molecule has 7 N–H and O–H groups in total. The zero-order valence-electron chi connectivity index (χ0n) is 17.7. The van der Waals surface area contributed by atoms with Crippen molar-refractivity contribution in [2.45, 2.75) is 6.18 Å². The third-order valence-electron chi connectivity index (χ3n) is 5.00. The Morgan fingerprint density at radius 2 is 1.77 bits per heavy atom. The van der Waals surface area contributed by atoms with Crippen LogP contribution in [0.3, 0.4) is 0 Å². The number of alkyl halides is 3. The fourth-order valence-electron chi connectivity index (χ4n) is 3.43. The van der Waals surface area contributed by atoms with E-state index in [9.17, 15) is 28.0 Å². The molecule has 4 rings (SSSR count). The largest absolute Gasteiger partial charge is 0.622 e. The number of carbonyl (C=O) groups is 2. The topological polar surface area (TPSA) is 165 Å². The molecule has 0 saturated carbocycles. The molecule has 0 radical (unpaired) electrons. The molecule has 182 valence electrons. The Hall–Kier alpha value is -4.79. The van der Waals surface area contributed by atoms with Gasteiger partial charge in [0.15, 0.2) is 0 Å². The molecule has 2 aromatic carbocycles. The van der Waals surface area contributed by atoms with E-state index in [0.717, 1.165) is 23.2 Å². The second kappa shape index (κ2) is 8.86. The third kappa shape index (κ3) is 4.79. The predicted octanol–water partition coefficient (Wildman–Crippen LogP) is 1.84. The van der Waals surface area contributed by atoms with Gasteiger partial charge in [-0.25, -0.2) is 4.79 Å². The summed E-state index contributed by atoms with van der Waals surface area (Å²) in [5.74, 6) is -1.36. The number of hydrazine groups is 2. The second-order valence-electron chi connectivity index (χ2n) is 7.31. The van der Waals surface area contributed by atoms with Gasteiger partial charge in [-0.2, -0.15) is 17.9 Å². The highest BCUT2D eigenvalue weighted by molar-refractivity contribution is 6.66. The number of hydroxylamine groups is 1. The summed E-state index contributed by atoms with van der Waals surface area (Å²) in [4.78, 5) is 25.0. The van der Waals surface area contributed by atoms with Gasteiger partial charge in [0.1, 0.15) is 0 Å². The van der Waals surface area contributed by atoms with Gasteiger partial charge in [-0.05, 0) is 42.5 Å². The Balaban J connectivity index is 1.44. The number of hydrogen-bond donors (Lipinski definition) is 6. The van der Waals surface area contributed by atoms with E-state index < -0.39 is 29.4 Å². The number of amides is 3. The van der Waals surface area contributed by atoms with Gasteiger partial charge in [-0.1, -0.05) is 0 Å². The molecule has 3 amide bonds. The van der Waals surface area contributed by atoms with E-state index in [-0.39, 0.29) is 23.9 Å². The smallest absolute Gasteiger partial charge is 0.418 e. The van der Waals surface area contributed by atoms with Gasteiger partial charge in [-0.3, -0.25) is 20.1 Å². The molecule has 0 saturated heterocycles. The lowest BCUT2D eigenvalue weighted by Gasteiger charge is -2.21. The molecule has 2 aromatic rings. The minimum atomic E-state index is -4.61. The number of hydrogen-bond acceptors (Lipinski definition) is 7. The van der Waals surface area contributed by atoms with Gasteiger partial charge in [0, 0.05) is 29.5 Å². The van der Waals surface area contributed by atoms with Gasteiger partial charge in [0.25, 0.3) is 0 Å². The van der Waals surface area contributed by atoms with Crippen LogP contribution in [0.25, 0.3) is 0 Å². The summed E-state index contributed by atoms with van der Waals surface area (Å²) in [6.45, 7) is -0.294. The van der Waals surface area contributed by atoms with E-state index in [1.807, 2.05) is 0 Å². The molecule has 0 aromatic heterocycles. The van der Waals surface area contributed by atoms with Crippen LogP contribution >= 0.6 is 0 Å². The van der Waals surface area contributed by atoms with Crippen molar-refractivity contribution in [1.82, 2.24) is 11.0 Å². The highest BCUT2D eigenvalue weighted by Gasteiger charge is 2.37. The lowest BCUT2D eigenvalue weighted by Crippen LogP contribution is -2.36. The minimum Gasteiger partial charge on any atom is -0.622 e. The maximum absolute atomic E-state index is 13.4. The number of nitrogens with one attached hydrogen (secondary N) is 5. The molecular formula is C20H18F3N9O3. The summed E-state index contributed by atoms with van der Waals surface area (Å²) in [5.41, 5.74) is 9.46. The SMILES string of the molecule is N=C1C(C(N)=O)=[N+]([O-])CN1c1ccc(NC(=O)Nc2ccc(C(F)(F)F)c(N3C=CNN3)c2)cc1. The van der Waals surface area contributed by atoms with Gasteiger partial charge >= 0.3 is 23.8 Å². The summed E-state index contributed by atoms with van der Waals surface area (Å²) < 4.78 is 40.4. The fraction of sp³-hybridized carbons (Fsp3) is 0.100. The highest BCUT2D eigenvalue weighted by Crippen LogP contribution is 2.38. The summed E-state index contributed by atoms with van der Waals surface area (Å²) in [5, 5.41) is 25.9. The summed E-state index contributed by atoms with van der Waals surface area (Å²) in [6, 6.07) is 8.43. The Morgan fingerprint density at radius 3 is 2.34 bits per heavy atom. The lowest BCUT2D eigenvalue weighted by molar-refractivity contribution is -0.446. The molecule has 2 heterocycles. The van der Waals surface area contributed by atoms with Crippen LogP contribution in [0.5, 0.6) is 0 Å². The van der Waals surface area contributed by atoms with Crippen molar-refractivity contribution >= 4 is 46.2 Å². The van der Waals surface area contributed by atoms with Crippen molar-refractivity contribution in [3.05, 3.63) is 65.6 Å². The van der Waals surface area contributed by atoms with Crippen LogP contribution < -0.4 is 37.2 Å². The van der Waals surface area contributed by atoms with Crippen molar-refractivity contribution < 1.29 is 27.5 Å². The zero-order valence-corrected chi connectivity index (χ0v) is 17.7. The number of nitrogens with two attached hydrogens (primary N) is 1. The van der Waals surface area contributed by atoms with Crippen molar-refractivity contribution in [1.29, 1.82) is 5.41 Å². The molecule has 35 heavy (non-hydrogen) atoms. The maximum Gasteiger partial charge on any atom is 0.418 e. The number of carbonyl (C=O) groups excluding carboxylic acids is 2. The first-order valence-electron chi connectivity index (χ1n) is 9.89. The first-order chi connectivity index (χ1) is 16.5. The van der Waals surface area contributed by atoms with Crippen LogP contribution in [0.1, 0.15) is 5.56 Å². The number of amidine groups is 1. The number of anilines is 4. The molecule has 0 spiro atoms. The molecule has 0 unspecified atom stereocenters. The zero-order chi connectivity index (χ0) is 25.3. The van der Waals surface area contributed by atoms with E-state index >= 15 is 0 Å². The predicted molar refractivity (Wildman–Crippen MR) is 121 cm³/mol. The second-order valence-corrected chi connectivity index (χ2v) is 7.31. The van der Waals surface area contributed by atoms with Crippen LogP contribution in [0.2, 0.25) is 0 Å². The van der Waals surface area contributed by atoms with E-state index in [0.29, 0.717) is 16.1 Å². The van der Waals surface area contributed by atoms with Crippen LogP contribution in [-0.2, 0) is 11.0 Å². The molecular weight excluding hydrogens is 471 g/mol. The number of halogens is 3. The summed E-state index contributed by atoms with van der Waals surface area (Å²) in [6.07, 6.45) is -1.85. The van der Waals surface area contributed by atoms with E-state index in [1.165, 1.54) is 41.6 Å². The molecule has 0 aliphatic carbocycles. The standard InChI is InChI=1S/C20H18F3N9O3/c21-20(22,23)14-6-3-12(9-15(14)31-8-7-26-29-31)28-19(34)27-11-1-4-13(5-2-11)30-10-32(35)16(17(30)24)18(25)33/h1-9,24,26,29H,10H2,(H2,25,33)(H2,27,28,34). The average Bonchev–Trinajstić information content (AvgIpc) is 3.41. The molecule has 0 bridgehead atoms. The molecule has 15 heteroatoms. The molecule has 12 nitrogen and oxygen atoms in total. The quantitative estimate of drug-likeness (QED) is 0.275. The molecule has 0 fully saturated rings. The van der Waals surface area contributed by atoms with Gasteiger partial charge in [-0.15, -0.1) is 5.53 Å². The Kier molecular flexibility index (Phi) is 5.92. The number of primary amides is 1. The fourth-order valence-corrected chi connectivity index (χ4v) is 3.43. The maximum atomic E-state index is 13.4. The summed E-state index contributed by atoms with van der Waals surface area (Å²) in [7, 11) is 0. The third-order valence-corrected chi connectivity index (χ3v) is 5.00. The van der Waals surface area contributed by atoms with Crippen molar-refractivity contribution in [3.63, 3.8) is 0 Å². The Bertz CT molecular complexity index is 1260. The normalized spacial score (nSPS) is 15.5. The number of nitrogens with zero attached hydrogens (tertiary/aromatic N) is 3. The monoisotopic (exact) mass is 489 g/mol. The Labute approximate surface area is 195 Å². The van der Waals surface area contributed by atoms with E-state index in [4.69, 9.17) is 11.1 Å². The van der Waals surface area contributed by atoms with Crippen LogP contribution in [0.4, 0.5) is 40.7 Å². The molecule has 0 atom stereocenters. The van der Waals surface area contributed by atoms with Crippen molar-refractivity contribution in [2.75, 3.05) is 27.2 Å². The summed E-state index contributed by atoms with van der Waals surface area (Å²) >= 11 is 0. The number of rotatable bonds is 5. The highest BCUT2D eigenvalue weighted by atomic mass is 19.4. The average molecular weight is 489 g/mol. The van der Waals surface area contributed by atoms with Crippen LogP contribution in [-0.4, -0.2) is 34.9 Å². The first-order valence-corrected chi connectivity index (χ1v) is 9.89. The number of urea groups is 1. The van der Waals surface area contributed by atoms with E-state index in [1.54, 1.807) is 0 Å². The van der Waals surface area contributed by atoms with Crippen LogP contribution in [0.15, 0.2) is 54.9 Å². The van der Waals surface area contributed by atoms with E-state index in [2.05, 4.69) is 21.6 Å². The first kappa shape index (κ1) is 23.4. The number of benzene rings is 2. The minimum absolute atomic E-state index is 0.111. The lowest BCUT2D eigenvalue weighted by atomic mass is 10.1. The van der Waals surface area contributed by atoms with Crippen LogP contribution in [0, 0.1) is 10.6 Å². The molecule has 2 aliphatic rings. The van der Waals surface area contributed by atoms with Gasteiger partial charge in [0.2, 0.25) is 12.5 Å². The molecule has 2 aliphatic heterocycles. The van der Waals surface area contributed by atoms with Crippen molar-refractivity contribution in [3.8, 4) is 0 Å². The Morgan fingerprint density at radius 1 is 1.11 bits per heavy atom.